The summed E-state index contributed by atoms with van der Waals surface area (Å²) >= 11 is 0. The van der Waals surface area contributed by atoms with Gasteiger partial charge in [0.1, 0.15) is 5.82 Å². The monoisotopic (exact) mass is 268 g/mol. The van der Waals surface area contributed by atoms with E-state index < -0.39 is 0 Å². The van der Waals surface area contributed by atoms with E-state index in [1.165, 1.54) is 23.3 Å². The topological polar surface area (TPSA) is 16.1 Å². The third kappa shape index (κ3) is 3.11. The lowest BCUT2D eigenvalue weighted by molar-refractivity contribution is 0.294. The highest BCUT2D eigenvalue weighted by atomic mass is 19.1. The number of halogens is 1. The van der Waals surface area contributed by atoms with Gasteiger partial charge in [0.25, 0.3) is 0 Å². The summed E-state index contributed by atoms with van der Waals surface area (Å²) in [5.74, 6) is -0.175. The molecule has 3 rings (SSSR count). The van der Waals surface area contributed by atoms with Gasteiger partial charge in [-0.3, -0.25) is 9.88 Å². The molecule has 102 valence electrons. The summed E-state index contributed by atoms with van der Waals surface area (Å²) < 4.78 is 12.9. The van der Waals surface area contributed by atoms with Crippen molar-refractivity contribution in [2.45, 2.75) is 13.0 Å². The highest BCUT2D eigenvalue weighted by Gasteiger charge is 2.13. The number of pyridine rings is 1. The van der Waals surface area contributed by atoms with Gasteiger partial charge >= 0.3 is 0 Å². The second-order valence-corrected chi connectivity index (χ2v) is 5.08. The van der Waals surface area contributed by atoms with Crippen molar-refractivity contribution in [1.29, 1.82) is 0 Å². The van der Waals surface area contributed by atoms with E-state index in [1.54, 1.807) is 6.20 Å². The highest BCUT2D eigenvalue weighted by molar-refractivity contribution is 5.65. The molecule has 1 aliphatic heterocycles. The van der Waals surface area contributed by atoms with E-state index >= 15 is 0 Å². The van der Waals surface area contributed by atoms with E-state index in [2.05, 4.69) is 22.0 Å². The zero-order valence-corrected chi connectivity index (χ0v) is 11.3. The summed E-state index contributed by atoms with van der Waals surface area (Å²) in [5, 5.41) is 0. The number of benzene rings is 1. The van der Waals surface area contributed by atoms with Gasteiger partial charge in [0.05, 0.1) is 0 Å². The minimum atomic E-state index is -0.175. The van der Waals surface area contributed by atoms with Gasteiger partial charge in [-0.15, -0.1) is 0 Å². The molecule has 1 aliphatic rings. The van der Waals surface area contributed by atoms with E-state index in [1.807, 2.05) is 24.4 Å². The molecule has 2 heterocycles. The van der Waals surface area contributed by atoms with Gasteiger partial charge in [0.2, 0.25) is 0 Å². The van der Waals surface area contributed by atoms with Gasteiger partial charge in [0.15, 0.2) is 0 Å². The van der Waals surface area contributed by atoms with Crippen molar-refractivity contribution >= 4 is 5.57 Å². The molecular formula is C17H17FN2. The Bertz CT molecular complexity index is 590. The molecule has 0 unspecified atom stereocenters. The maximum Gasteiger partial charge on any atom is 0.123 e. The third-order valence-electron chi connectivity index (χ3n) is 3.65. The Balaban J connectivity index is 1.63. The Hall–Kier alpha value is -2.00. The summed E-state index contributed by atoms with van der Waals surface area (Å²) in [5.41, 5.74) is 3.74. The average molecular weight is 268 g/mol. The molecule has 0 amide bonds. The summed E-state index contributed by atoms with van der Waals surface area (Å²) in [6, 6.07) is 10.8. The molecule has 2 aromatic rings. The Labute approximate surface area is 118 Å². The predicted octanol–water partition coefficient (Wildman–Crippen LogP) is 3.51. The first-order chi connectivity index (χ1) is 9.81. The van der Waals surface area contributed by atoms with Gasteiger partial charge in [-0.05, 0) is 41.3 Å². The van der Waals surface area contributed by atoms with Crippen molar-refractivity contribution in [3.05, 3.63) is 71.8 Å². The lowest BCUT2D eigenvalue weighted by atomic mass is 10.0. The fourth-order valence-corrected chi connectivity index (χ4v) is 2.52. The van der Waals surface area contributed by atoms with E-state index in [0.717, 1.165) is 31.6 Å². The maximum atomic E-state index is 12.9. The molecule has 1 aromatic carbocycles. The van der Waals surface area contributed by atoms with Crippen molar-refractivity contribution in [2.24, 2.45) is 0 Å². The first-order valence-electron chi connectivity index (χ1n) is 6.87. The van der Waals surface area contributed by atoms with Crippen molar-refractivity contribution in [1.82, 2.24) is 9.88 Å². The van der Waals surface area contributed by atoms with E-state index in [4.69, 9.17) is 0 Å². The Morgan fingerprint density at radius 3 is 2.65 bits per heavy atom. The zero-order chi connectivity index (χ0) is 13.8. The molecule has 0 atom stereocenters. The maximum absolute atomic E-state index is 12.9. The van der Waals surface area contributed by atoms with Crippen LogP contribution in [0.15, 0.2) is 54.9 Å². The highest BCUT2D eigenvalue weighted by Crippen LogP contribution is 2.22. The zero-order valence-electron chi connectivity index (χ0n) is 11.3. The average Bonchev–Trinajstić information content (AvgIpc) is 2.51. The van der Waals surface area contributed by atoms with Crippen LogP contribution in [0.1, 0.15) is 17.5 Å². The van der Waals surface area contributed by atoms with Crippen LogP contribution in [0.25, 0.3) is 5.57 Å². The number of hydrogen-bond donors (Lipinski definition) is 0. The van der Waals surface area contributed by atoms with Crippen molar-refractivity contribution in [2.75, 3.05) is 13.1 Å². The minimum Gasteiger partial charge on any atom is -0.295 e. The number of nitrogens with zero attached hydrogens (tertiary/aromatic N) is 2. The van der Waals surface area contributed by atoms with Crippen LogP contribution in [-0.4, -0.2) is 23.0 Å². The Morgan fingerprint density at radius 2 is 2.00 bits per heavy atom. The van der Waals surface area contributed by atoms with Crippen LogP contribution in [0, 0.1) is 5.82 Å². The van der Waals surface area contributed by atoms with Crippen LogP contribution in [-0.2, 0) is 6.54 Å². The summed E-state index contributed by atoms with van der Waals surface area (Å²) in [6.07, 6.45) is 7.02. The van der Waals surface area contributed by atoms with Crippen LogP contribution in [0.4, 0.5) is 4.39 Å². The molecule has 0 aliphatic carbocycles. The van der Waals surface area contributed by atoms with Crippen LogP contribution in [0.3, 0.4) is 0 Å². The lowest BCUT2D eigenvalue weighted by Gasteiger charge is -2.26. The molecule has 20 heavy (non-hydrogen) atoms. The molecule has 0 radical (unpaired) electrons. The van der Waals surface area contributed by atoms with E-state index in [-0.39, 0.29) is 5.82 Å². The van der Waals surface area contributed by atoms with Crippen molar-refractivity contribution in [3.63, 3.8) is 0 Å². The van der Waals surface area contributed by atoms with Crippen LogP contribution < -0.4 is 0 Å². The van der Waals surface area contributed by atoms with Crippen LogP contribution in [0.5, 0.6) is 0 Å². The predicted molar refractivity (Wildman–Crippen MR) is 78.5 cm³/mol. The molecule has 0 saturated carbocycles. The lowest BCUT2D eigenvalue weighted by Crippen LogP contribution is -2.28. The number of hydrogen-bond acceptors (Lipinski definition) is 2. The normalized spacial score (nSPS) is 15.9. The standard InChI is InChI=1S/C17H17FN2/c18-17-5-3-14(4-6-17)13-20-10-7-15(8-11-20)16-2-1-9-19-12-16/h1-7,9,12H,8,10-11,13H2. The molecule has 2 nitrogen and oxygen atoms in total. The molecular weight excluding hydrogens is 251 g/mol. The fraction of sp³-hybridized carbons (Fsp3) is 0.235. The minimum absolute atomic E-state index is 0.175. The molecule has 0 saturated heterocycles. The second kappa shape index (κ2) is 5.97. The van der Waals surface area contributed by atoms with E-state index in [0.29, 0.717) is 0 Å². The quantitative estimate of drug-likeness (QED) is 0.847. The number of aromatic nitrogens is 1. The second-order valence-electron chi connectivity index (χ2n) is 5.08. The smallest absolute Gasteiger partial charge is 0.123 e. The van der Waals surface area contributed by atoms with Crippen molar-refractivity contribution < 1.29 is 4.39 Å². The van der Waals surface area contributed by atoms with Gasteiger partial charge in [-0.1, -0.05) is 24.3 Å². The molecule has 0 N–H and O–H groups in total. The Kier molecular flexibility index (Phi) is 3.88. The van der Waals surface area contributed by atoms with Gasteiger partial charge in [-0.2, -0.15) is 0 Å². The molecule has 3 heteroatoms. The van der Waals surface area contributed by atoms with E-state index in [9.17, 15) is 4.39 Å². The fourth-order valence-electron chi connectivity index (χ4n) is 2.52. The largest absolute Gasteiger partial charge is 0.295 e. The first kappa shape index (κ1) is 13.0. The Morgan fingerprint density at radius 1 is 1.15 bits per heavy atom. The van der Waals surface area contributed by atoms with Gasteiger partial charge in [-0.25, -0.2) is 4.39 Å². The van der Waals surface area contributed by atoms with Gasteiger partial charge < -0.3 is 0 Å². The molecule has 0 fully saturated rings. The van der Waals surface area contributed by atoms with Crippen molar-refractivity contribution in [3.8, 4) is 0 Å². The molecule has 1 aromatic heterocycles. The van der Waals surface area contributed by atoms with Crippen LogP contribution >= 0.6 is 0 Å². The van der Waals surface area contributed by atoms with Gasteiger partial charge in [0, 0.05) is 32.0 Å². The van der Waals surface area contributed by atoms with Crippen LogP contribution in [0.2, 0.25) is 0 Å². The molecule has 0 spiro atoms. The third-order valence-corrected chi connectivity index (χ3v) is 3.65. The SMILES string of the molecule is Fc1ccc(CN2CC=C(c3cccnc3)CC2)cc1. The summed E-state index contributed by atoms with van der Waals surface area (Å²) in [7, 11) is 0. The first-order valence-corrected chi connectivity index (χ1v) is 6.87. The summed E-state index contributed by atoms with van der Waals surface area (Å²) in [6.45, 7) is 2.83. The molecule has 0 bridgehead atoms. The number of rotatable bonds is 3. The summed E-state index contributed by atoms with van der Waals surface area (Å²) in [4.78, 5) is 6.53.